The number of esters is 1. The summed E-state index contributed by atoms with van der Waals surface area (Å²) in [4.78, 5) is 28.7. The number of Topliss-reactive ketones (excluding diaryl/α,β-unsaturated/α-hetero) is 1. The van der Waals surface area contributed by atoms with E-state index in [9.17, 15) is 31.5 Å². The van der Waals surface area contributed by atoms with Crippen molar-refractivity contribution in [2.75, 3.05) is 6.61 Å². The zero-order valence-electron chi connectivity index (χ0n) is 15.4. The van der Waals surface area contributed by atoms with Gasteiger partial charge in [-0.05, 0) is 25.1 Å². The number of pyridine rings is 1. The van der Waals surface area contributed by atoms with Crippen molar-refractivity contribution in [3.8, 4) is 5.75 Å². The average Bonchev–Trinajstić information content (AvgIpc) is 2.71. The average molecular weight is 430 g/mol. The zero-order valence-corrected chi connectivity index (χ0v) is 15.4. The van der Waals surface area contributed by atoms with Gasteiger partial charge in [-0.2, -0.15) is 13.2 Å². The van der Waals surface area contributed by atoms with E-state index in [4.69, 9.17) is 4.74 Å². The largest absolute Gasteiger partial charge is 0.462 e. The molecule has 0 bridgehead atoms. The molecule has 160 valence electrons. The minimum absolute atomic E-state index is 0.0526. The normalized spacial score (nSPS) is 11.4. The molecule has 0 amide bonds. The molecule has 1 N–H and O–H groups in total. The van der Waals surface area contributed by atoms with Crippen molar-refractivity contribution >= 4 is 11.8 Å². The molecule has 0 saturated heterocycles. The molecule has 0 saturated carbocycles. The Labute approximate surface area is 167 Å². The Kier molecular flexibility index (Phi) is 7.84. The lowest BCUT2D eigenvalue weighted by Gasteiger charge is -2.12. The van der Waals surface area contributed by atoms with Crippen LogP contribution in [0.15, 0.2) is 42.2 Å². The number of hydrogen-bond donors (Lipinski definition) is 1. The predicted molar refractivity (Wildman–Crippen MR) is 93.1 cm³/mol. The third-order valence-electron chi connectivity index (χ3n) is 3.56. The highest BCUT2D eigenvalue weighted by Gasteiger charge is 2.30. The predicted octanol–water partition coefficient (Wildman–Crippen LogP) is 3.52. The number of aromatic nitrogens is 1. The number of carbonyl (C=O) groups is 2. The first-order chi connectivity index (χ1) is 14.3. The summed E-state index contributed by atoms with van der Waals surface area (Å²) in [6.45, 7) is -2.34. The zero-order chi connectivity index (χ0) is 22.3. The Morgan fingerprint density at radius 2 is 1.93 bits per heavy atom. The van der Waals surface area contributed by atoms with Gasteiger partial charge in [0.05, 0.1) is 24.4 Å². The van der Waals surface area contributed by atoms with Gasteiger partial charge < -0.3 is 14.8 Å². The van der Waals surface area contributed by atoms with Gasteiger partial charge in [-0.15, -0.1) is 0 Å². The van der Waals surface area contributed by atoms with E-state index in [1.54, 1.807) is 18.2 Å². The number of hydrogen-bond acceptors (Lipinski definition) is 6. The number of carbonyl (C=O) groups excluding carboxylic acids is 2. The third-order valence-corrected chi connectivity index (χ3v) is 3.56. The summed E-state index contributed by atoms with van der Waals surface area (Å²) < 4.78 is 74.9. The number of ether oxygens (including phenoxy) is 2. The van der Waals surface area contributed by atoms with Crippen LogP contribution >= 0.6 is 0 Å². The summed E-state index contributed by atoms with van der Waals surface area (Å²) in [5.74, 6) is -10.2. The van der Waals surface area contributed by atoms with Gasteiger partial charge >= 0.3 is 12.6 Å². The van der Waals surface area contributed by atoms with Gasteiger partial charge in [0.1, 0.15) is 5.57 Å². The second-order valence-electron chi connectivity index (χ2n) is 5.55. The minimum Gasteiger partial charge on any atom is -0.462 e. The van der Waals surface area contributed by atoms with Crippen LogP contribution in [0.5, 0.6) is 5.75 Å². The molecular formula is C19H15F5N2O4. The van der Waals surface area contributed by atoms with Crippen LogP contribution in [-0.2, 0) is 16.1 Å². The first kappa shape index (κ1) is 22.8. The number of nitrogens with zero attached hydrogens (tertiary/aromatic N) is 1. The Bertz CT molecular complexity index is 952. The Morgan fingerprint density at radius 3 is 2.53 bits per heavy atom. The van der Waals surface area contributed by atoms with E-state index < -0.39 is 52.7 Å². The lowest BCUT2D eigenvalue weighted by atomic mass is 10.0. The van der Waals surface area contributed by atoms with Gasteiger partial charge in [-0.3, -0.25) is 9.78 Å². The summed E-state index contributed by atoms with van der Waals surface area (Å²) in [7, 11) is 0. The third kappa shape index (κ3) is 5.52. The molecule has 0 aliphatic rings. The van der Waals surface area contributed by atoms with Crippen molar-refractivity contribution in [3.63, 3.8) is 0 Å². The van der Waals surface area contributed by atoms with Gasteiger partial charge in [0.25, 0.3) is 0 Å². The fraction of sp³-hybridized carbons (Fsp3) is 0.211. The van der Waals surface area contributed by atoms with Gasteiger partial charge in [-0.1, -0.05) is 6.07 Å². The maximum atomic E-state index is 14.4. The number of benzene rings is 1. The topological polar surface area (TPSA) is 77.5 Å². The molecule has 0 fully saturated rings. The van der Waals surface area contributed by atoms with E-state index in [2.05, 4.69) is 15.0 Å². The Morgan fingerprint density at radius 1 is 1.20 bits per heavy atom. The molecule has 0 aliphatic heterocycles. The minimum atomic E-state index is -3.68. The van der Waals surface area contributed by atoms with E-state index in [0.29, 0.717) is 5.69 Å². The van der Waals surface area contributed by atoms with Crippen molar-refractivity contribution in [1.29, 1.82) is 0 Å². The first-order valence-electron chi connectivity index (χ1n) is 8.43. The number of rotatable bonds is 9. The van der Waals surface area contributed by atoms with Crippen LogP contribution in [0.1, 0.15) is 23.0 Å². The fourth-order valence-electron chi connectivity index (χ4n) is 2.27. The number of ketones is 1. The van der Waals surface area contributed by atoms with Crippen molar-refractivity contribution in [2.45, 2.75) is 20.1 Å². The Hall–Kier alpha value is -3.50. The van der Waals surface area contributed by atoms with Crippen LogP contribution in [0.4, 0.5) is 22.0 Å². The van der Waals surface area contributed by atoms with Crippen molar-refractivity contribution in [2.24, 2.45) is 0 Å². The monoisotopic (exact) mass is 430 g/mol. The second-order valence-corrected chi connectivity index (χ2v) is 5.55. The molecule has 1 aromatic heterocycles. The molecule has 0 spiro atoms. The fourth-order valence-corrected chi connectivity index (χ4v) is 2.27. The van der Waals surface area contributed by atoms with E-state index in [1.807, 2.05) is 0 Å². The second kappa shape index (κ2) is 10.3. The molecule has 11 heteroatoms. The van der Waals surface area contributed by atoms with Crippen molar-refractivity contribution in [1.82, 2.24) is 10.3 Å². The Balaban J connectivity index is 2.41. The first-order valence-corrected chi connectivity index (χ1v) is 8.43. The van der Waals surface area contributed by atoms with E-state index >= 15 is 0 Å². The van der Waals surface area contributed by atoms with Gasteiger partial charge in [-0.25, -0.2) is 13.6 Å². The molecular weight excluding hydrogens is 415 g/mol. The summed E-state index contributed by atoms with van der Waals surface area (Å²) >= 11 is 0. The van der Waals surface area contributed by atoms with Crippen molar-refractivity contribution < 1.29 is 41.0 Å². The van der Waals surface area contributed by atoms with Gasteiger partial charge in [0.15, 0.2) is 11.6 Å². The van der Waals surface area contributed by atoms with E-state index in [0.717, 1.165) is 6.20 Å². The molecule has 0 unspecified atom stereocenters. The number of alkyl halides is 2. The van der Waals surface area contributed by atoms with Crippen LogP contribution in [0, 0.1) is 17.5 Å². The SMILES string of the molecule is CCOC(=O)C(=CNCc1ccccn1)C(=O)c1cc(F)c(F)c(OC(F)F)c1F. The lowest BCUT2D eigenvalue weighted by molar-refractivity contribution is -0.138. The standard InChI is InChI=1S/C19H15F5N2O4/c1-2-29-18(28)12(9-25-8-10-5-3-4-6-26-10)16(27)11-7-13(20)15(22)17(14(11)21)30-19(23)24/h3-7,9,19,25H,2,8H2,1H3. The maximum Gasteiger partial charge on any atom is 0.387 e. The smallest absolute Gasteiger partial charge is 0.387 e. The molecule has 0 aliphatic carbocycles. The summed E-state index contributed by atoms with van der Waals surface area (Å²) in [5.41, 5.74) is -1.44. The number of halogens is 5. The molecule has 0 atom stereocenters. The van der Waals surface area contributed by atoms with Crippen molar-refractivity contribution in [3.05, 3.63) is 70.9 Å². The van der Waals surface area contributed by atoms with Crippen LogP contribution in [0.25, 0.3) is 0 Å². The van der Waals surface area contributed by atoms with Crippen LogP contribution in [0.3, 0.4) is 0 Å². The lowest BCUT2D eigenvalue weighted by Crippen LogP contribution is -2.21. The van der Waals surface area contributed by atoms with Crippen LogP contribution < -0.4 is 10.1 Å². The molecule has 6 nitrogen and oxygen atoms in total. The van der Waals surface area contributed by atoms with Crippen LogP contribution in [0.2, 0.25) is 0 Å². The summed E-state index contributed by atoms with van der Waals surface area (Å²) in [5, 5.41) is 2.60. The highest BCUT2D eigenvalue weighted by atomic mass is 19.3. The van der Waals surface area contributed by atoms with E-state index in [-0.39, 0.29) is 19.2 Å². The molecule has 1 heterocycles. The molecule has 30 heavy (non-hydrogen) atoms. The number of nitrogens with one attached hydrogen (secondary N) is 1. The van der Waals surface area contributed by atoms with Gasteiger partial charge in [0.2, 0.25) is 17.3 Å². The summed E-state index contributed by atoms with van der Waals surface area (Å²) in [6.07, 6.45) is 2.38. The summed E-state index contributed by atoms with van der Waals surface area (Å²) in [6, 6.07) is 5.12. The quantitative estimate of drug-likeness (QED) is 0.125. The molecule has 2 rings (SSSR count). The molecule has 2 aromatic rings. The highest BCUT2D eigenvalue weighted by Crippen LogP contribution is 2.30. The van der Waals surface area contributed by atoms with Gasteiger partial charge in [0, 0.05) is 12.4 Å². The molecule has 0 radical (unpaired) electrons. The highest BCUT2D eigenvalue weighted by molar-refractivity contribution is 6.24. The molecule has 1 aromatic carbocycles. The maximum absolute atomic E-state index is 14.4. The van der Waals surface area contributed by atoms with Crippen LogP contribution in [-0.4, -0.2) is 30.0 Å². The van der Waals surface area contributed by atoms with E-state index in [1.165, 1.54) is 13.1 Å².